The highest BCUT2D eigenvalue weighted by atomic mass is 32.2. The summed E-state index contributed by atoms with van der Waals surface area (Å²) < 4.78 is 13.7. The molecule has 0 unspecified atom stereocenters. The molecule has 4 nitrogen and oxygen atoms in total. The summed E-state index contributed by atoms with van der Waals surface area (Å²) in [7, 11) is 0. The van der Waals surface area contributed by atoms with Crippen molar-refractivity contribution in [3.8, 4) is 11.4 Å². The number of benzene rings is 2. The van der Waals surface area contributed by atoms with Gasteiger partial charge in [-0.05, 0) is 23.3 Å². The molecule has 1 aromatic heterocycles. The number of aromatic nitrogens is 3. The van der Waals surface area contributed by atoms with Crippen molar-refractivity contribution in [2.24, 2.45) is 0 Å². The van der Waals surface area contributed by atoms with E-state index in [2.05, 4.69) is 15.2 Å². The van der Waals surface area contributed by atoms with E-state index in [4.69, 9.17) is 5.11 Å². The SMILES string of the molecule is OCc1ccc(CSc2n[nH]c(-c3ccccc3F)n2)cc1. The minimum atomic E-state index is -0.324. The average molecular weight is 315 g/mol. The molecule has 0 spiro atoms. The number of halogens is 1. The van der Waals surface area contributed by atoms with Gasteiger partial charge in [-0.1, -0.05) is 48.2 Å². The molecule has 0 aliphatic heterocycles. The summed E-state index contributed by atoms with van der Waals surface area (Å²) in [6.07, 6.45) is 0. The minimum absolute atomic E-state index is 0.0420. The predicted molar refractivity (Wildman–Crippen MR) is 83.7 cm³/mol. The average Bonchev–Trinajstić information content (AvgIpc) is 3.02. The van der Waals surface area contributed by atoms with Crippen LogP contribution in [-0.4, -0.2) is 20.3 Å². The zero-order valence-corrected chi connectivity index (χ0v) is 12.5. The lowest BCUT2D eigenvalue weighted by atomic mass is 10.2. The van der Waals surface area contributed by atoms with Crippen LogP contribution in [0.15, 0.2) is 53.7 Å². The third-order valence-electron chi connectivity index (χ3n) is 3.17. The van der Waals surface area contributed by atoms with Crippen molar-refractivity contribution in [1.29, 1.82) is 0 Å². The molecule has 3 aromatic rings. The molecule has 0 amide bonds. The van der Waals surface area contributed by atoms with Crippen LogP contribution in [0.4, 0.5) is 4.39 Å². The van der Waals surface area contributed by atoms with Crippen molar-refractivity contribution in [3.05, 3.63) is 65.5 Å². The van der Waals surface area contributed by atoms with Crippen molar-refractivity contribution >= 4 is 11.8 Å². The summed E-state index contributed by atoms with van der Waals surface area (Å²) >= 11 is 1.47. The summed E-state index contributed by atoms with van der Waals surface area (Å²) in [6.45, 7) is 0.0420. The van der Waals surface area contributed by atoms with Gasteiger partial charge in [0.05, 0.1) is 12.2 Å². The maximum absolute atomic E-state index is 13.7. The van der Waals surface area contributed by atoms with Gasteiger partial charge in [0.2, 0.25) is 5.16 Å². The van der Waals surface area contributed by atoms with E-state index in [1.165, 1.54) is 17.8 Å². The molecule has 0 atom stereocenters. The summed E-state index contributed by atoms with van der Waals surface area (Å²) in [5, 5.41) is 16.4. The lowest BCUT2D eigenvalue weighted by Crippen LogP contribution is -1.86. The first-order chi connectivity index (χ1) is 10.8. The first-order valence-corrected chi connectivity index (χ1v) is 7.73. The second-order valence-electron chi connectivity index (χ2n) is 4.71. The van der Waals surface area contributed by atoms with Gasteiger partial charge >= 0.3 is 0 Å². The summed E-state index contributed by atoms with van der Waals surface area (Å²) in [5.74, 6) is 0.811. The number of hydrogen-bond donors (Lipinski definition) is 2. The van der Waals surface area contributed by atoms with Crippen molar-refractivity contribution < 1.29 is 9.50 Å². The summed E-state index contributed by atoms with van der Waals surface area (Å²) in [5.41, 5.74) is 2.40. The lowest BCUT2D eigenvalue weighted by molar-refractivity contribution is 0.282. The summed E-state index contributed by atoms with van der Waals surface area (Å²) in [4.78, 5) is 4.31. The number of nitrogens with zero attached hydrogens (tertiary/aromatic N) is 2. The summed E-state index contributed by atoms with van der Waals surface area (Å²) in [6, 6.07) is 14.2. The van der Waals surface area contributed by atoms with Crippen LogP contribution in [0, 0.1) is 5.82 Å². The molecule has 3 rings (SSSR count). The van der Waals surface area contributed by atoms with E-state index in [1.54, 1.807) is 18.2 Å². The van der Waals surface area contributed by atoms with E-state index in [0.29, 0.717) is 22.3 Å². The number of H-pyrrole nitrogens is 1. The Hall–Kier alpha value is -2.18. The van der Waals surface area contributed by atoms with Crippen LogP contribution in [0.5, 0.6) is 0 Å². The first kappa shape index (κ1) is 14.7. The molecule has 0 bridgehead atoms. The van der Waals surface area contributed by atoms with Gasteiger partial charge in [-0.2, -0.15) is 0 Å². The fourth-order valence-electron chi connectivity index (χ4n) is 1.97. The molecule has 6 heteroatoms. The number of aliphatic hydroxyl groups excluding tert-OH is 1. The fraction of sp³-hybridized carbons (Fsp3) is 0.125. The Bertz CT molecular complexity index is 758. The Morgan fingerprint density at radius 1 is 1.05 bits per heavy atom. The van der Waals surface area contributed by atoms with Crippen LogP contribution < -0.4 is 0 Å². The van der Waals surface area contributed by atoms with Gasteiger partial charge in [0.25, 0.3) is 0 Å². The van der Waals surface area contributed by atoms with Gasteiger partial charge in [-0.15, -0.1) is 5.10 Å². The number of nitrogens with one attached hydrogen (secondary N) is 1. The van der Waals surface area contributed by atoms with Gasteiger partial charge in [0.15, 0.2) is 5.82 Å². The normalized spacial score (nSPS) is 10.8. The van der Waals surface area contributed by atoms with E-state index >= 15 is 0 Å². The Morgan fingerprint density at radius 3 is 2.50 bits per heavy atom. The van der Waals surface area contributed by atoms with Crippen molar-refractivity contribution in [3.63, 3.8) is 0 Å². The molecule has 112 valence electrons. The molecule has 0 aliphatic rings. The van der Waals surface area contributed by atoms with E-state index in [9.17, 15) is 4.39 Å². The smallest absolute Gasteiger partial charge is 0.209 e. The third-order valence-corrected chi connectivity index (χ3v) is 4.09. The van der Waals surface area contributed by atoms with Crippen molar-refractivity contribution in [2.45, 2.75) is 17.5 Å². The zero-order valence-electron chi connectivity index (χ0n) is 11.7. The zero-order chi connectivity index (χ0) is 15.4. The van der Waals surface area contributed by atoms with E-state index < -0.39 is 0 Å². The van der Waals surface area contributed by atoms with Crippen molar-refractivity contribution in [2.75, 3.05) is 0 Å². The van der Waals surface area contributed by atoms with Crippen LogP contribution in [0.2, 0.25) is 0 Å². The molecule has 22 heavy (non-hydrogen) atoms. The van der Waals surface area contributed by atoms with E-state index in [0.717, 1.165) is 11.1 Å². The molecular weight excluding hydrogens is 301 g/mol. The molecule has 0 saturated heterocycles. The Kier molecular flexibility index (Phi) is 4.50. The number of rotatable bonds is 5. The molecule has 2 N–H and O–H groups in total. The van der Waals surface area contributed by atoms with Crippen LogP contribution in [0.3, 0.4) is 0 Å². The topological polar surface area (TPSA) is 61.8 Å². The number of aliphatic hydroxyl groups is 1. The Morgan fingerprint density at radius 2 is 1.77 bits per heavy atom. The molecule has 0 radical (unpaired) electrons. The van der Waals surface area contributed by atoms with E-state index in [1.807, 2.05) is 24.3 Å². The molecule has 0 aliphatic carbocycles. The lowest BCUT2D eigenvalue weighted by Gasteiger charge is -2.00. The Balaban J connectivity index is 1.68. The number of thioether (sulfide) groups is 1. The second kappa shape index (κ2) is 6.72. The van der Waals surface area contributed by atoms with Crippen LogP contribution in [0.25, 0.3) is 11.4 Å². The predicted octanol–water partition coefficient (Wildman–Crippen LogP) is 3.40. The maximum atomic E-state index is 13.7. The van der Waals surface area contributed by atoms with Gasteiger partial charge in [0.1, 0.15) is 5.82 Å². The third kappa shape index (κ3) is 3.35. The highest BCUT2D eigenvalue weighted by Gasteiger charge is 2.10. The standard InChI is InChI=1S/C16H14FN3OS/c17-14-4-2-1-3-13(14)15-18-16(20-19-15)22-10-12-7-5-11(9-21)6-8-12/h1-8,21H,9-10H2,(H,18,19,20). The fourth-order valence-corrected chi connectivity index (χ4v) is 2.73. The first-order valence-electron chi connectivity index (χ1n) is 6.75. The largest absolute Gasteiger partial charge is 0.392 e. The van der Waals surface area contributed by atoms with Crippen LogP contribution in [-0.2, 0) is 12.4 Å². The molecule has 0 fully saturated rings. The van der Waals surface area contributed by atoms with Crippen LogP contribution >= 0.6 is 11.8 Å². The van der Waals surface area contributed by atoms with Gasteiger partial charge in [0, 0.05) is 5.75 Å². The highest BCUT2D eigenvalue weighted by Crippen LogP contribution is 2.23. The van der Waals surface area contributed by atoms with Crippen molar-refractivity contribution in [1.82, 2.24) is 15.2 Å². The second-order valence-corrected chi connectivity index (χ2v) is 5.65. The monoisotopic (exact) mass is 315 g/mol. The minimum Gasteiger partial charge on any atom is -0.392 e. The quantitative estimate of drug-likeness (QED) is 0.708. The number of aromatic amines is 1. The van der Waals surface area contributed by atoms with Gasteiger partial charge in [-0.25, -0.2) is 9.37 Å². The molecule has 1 heterocycles. The molecular formula is C16H14FN3OS. The van der Waals surface area contributed by atoms with Gasteiger partial charge < -0.3 is 5.11 Å². The molecule has 2 aromatic carbocycles. The van der Waals surface area contributed by atoms with E-state index in [-0.39, 0.29) is 12.4 Å². The highest BCUT2D eigenvalue weighted by molar-refractivity contribution is 7.98. The maximum Gasteiger partial charge on any atom is 0.209 e. The number of hydrogen-bond acceptors (Lipinski definition) is 4. The Labute approximate surface area is 131 Å². The van der Waals surface area contributed by atoms with Crippen LogP contribution in [0.1, 0.15) is 11.1 Å². The molecule has 0 saturated carbocycles. The van der Waals surface area contributed by atoms with Gasteiger partial charge in [-0.3, -0.25) is 5.10 Å².